The number of ether oxygens (including phenoxy) is 1. The van der Waals surface area contributed by atoms with Gasteiger partial charge in [-0.05, 0) is 54.4 Å². The molecule has 0 unspecified atom stereocenters. The summed E-state index contributed by atoms with van der Waals surface area (Å²) in [5.74, 6) is 1.36. The summed E-state index contributed by atoms with van der Waals surface area (Å²) in [5.41, 5.74) is 3.93. The molecule has 10 nitrogen and oxygen atoms in total. The number of hydrogen-bond donors (Lipinski definition) is 2. The van der Waals surface area contributed by atoms with Crippen molar-refractivity contribution < 1.29 is 22.7 Å². The highest BCUT2D eigenvalue weighted by molar-refractivity contribution is 7.90. The molecule has 2 aliphatic rings. The quantitative estimate of drug-likeness (QED) is 0.242. The first-order valence-corrected chi connectivity index (χ1v) is 17.0. The summed E-state index contributed by atoms with van der Waals surface area (Å²) in [6.45, 7) is 2.17. The Balaban J connectivity index is 1.11. The number of carbonyl (C=O) groups is 2. The molecule has 3 aromatic carbocycles. The van der Waals surface area contributed by atoms with E-state index in [2.05, 4.69) is 14.9 Å². The van der Waals surface area contributed by atoms with Gasteiger partial charge in [0.05, 0.1) is 22.1 Å². The van der Waals surface area contributed by atoms with Crippen LogP contribution in [0.1, 0.15) is 21.6 Å². The predicted octanol–water partition coefficient (Wildman–Crippen LogP) is 5.92. The number of sulfonamides is 1. The first-order valence-electron chi connectivity index (χ1n) is 14.7. The Kier molecular flexibility index (Phi) is 7.89. The third-order valence-corrected chi connectivity index (χ3v) is 10.3. The molecule has 0 spiro atoms. The second kappa shape index (κ2) is 12.3. The Labute approximate surface area is 270 Å². The van der Waals surface area contributed by atoms with Crippen LogP contribution in [-0.2, 0) is 23.0 Å². The van der Waals surface area contributed by atoms with E-state index in [4.69, 9.17) is 9.72 Å². The van der Waals surface area contributed by atoms with Crippen molar-refractivity contribution in [2.24, 2.45) is 0 Å². The van der Waals surface area contributed by atoms with Crippen molar-refractivity contribution in [1.82, 2.24) is 9.71 Å². The molecule has 0 atom stereocenters. The number of urea groups is 1. The first-order chi connectivity index (χ1) is 22.4. The van der Waals surface area contributed by atoms with E-state index in [0.29, 0.717) is 49.2 Å². The highest BCUT2D eigenvalue weighted by atomic mass is 32.2. The minimum Gasteiger partial charge on any atom is -0.491 e. The lowest BCUT2D eigenvalue weighted by molar-refractivity contribution is 0.0982. The van der Waals surface area contributed by atoms with Gasteiger partial charge in [0.2, 0.25) is 0 Å². The van der Waals surface area contributed by atoms with Crippen LogP contribution >= 0.6 is 11.3 Å². The van der Waals surface area contributed by atoms with Gasteiger partial charge in [-0.3, -0.25) is 10.1 Å². The normalized spacial score (nSPS) is 14.1. The van der Waals surface area contributed by atoms with Crippen LogP contribution in [0.2, 0.25) is 0 Å². The van der Waals surface area contributed by atoms with Crippen molar-refractivity contribution >= 4 is 49.8 Å². The molecule has 0 bridgehead atoms. The number of nitrogens with zero attached hydrogens (tertiary/aromatic N) is 3. The van der Waals surface area contributed by atoms with Gasteiger partial charge < -0.3 is 14.5 Å². The van der Waals surface area contributed by atoms with Crippen LogP contribution in [0.4, 0.5) is 21.3 Å². The molecular weight excluding hydrogens is 623 g/mol. The van der Waals surface area contributed by atoms with Crippen LogP contribution in [0.3, 0.4) is 0 Å². The van der Waals surface area contributed by atoms with E-state index < -0.39 is 16.1 Å². The van der Waals surface area contributed by atoms with E-state index in [-0.39, 0.29) is 10.8 Å². The summed E-state index contributed by atoms with van der Waals surface area (Å²) in [6.07, 6.45) is 0.526. The standard InChI is InChI=1S/C34H29N5O5S2/c40-33(27-13-8-16-30(35-27)38-19-20-44-29-15-7-4-9-24(29)22-38)39-18-17-23-21-31(45-32(23)26-12-5-6-14-28(26)39)36-34(41)37-46(42,43)25-10-2-1-3-11-25/h1-16,21H,17-20,22H2,(H2,36,37,41). The van der Waals surface area contributed by atoms with E-state index in [1.54, 1.807) is 29.2 Å². The average molecular weight is 652 g/mol. The maximum Gasteiger partial charge on any atom is 0.333 e. The number of rotatable bonds is 5. The summed E-state index contributed by atoms with van der Waals surface area (Å²) < 4.78 is 33.2. The summed E-state index contributed by atoms with van der Waals surface area (Å²) in [4.78, 5) is 36.3. The number of benzene rings is 3. The van der Waals surface area contributed by atoms with Gasteiger partial charge >= 0.3 is 6.03 Å². The Bertz CT molecular complexity index is 2050. The Morgan fingerprint density at radius 1 is 0.848 bits per heavy atom. The summed E-state index contributed by atoms with van der Waals surface area (Å²) in [7, 11) is -4.02. The fourth-order valence-corrected chi connectivity index (χ4v) is 7.73. The third kappa shape index (κ3) is 5.92. The van der Waals surface area contributed by atoms with E-state index >= 15 is 0 Å². The fraction of sp³-hybridized carbons (Fsp3) is 0.147. The minimum absolute atomic E-state index is 0.00315. The van der Waals surface area contributed by atoms with Crippen molar-refractivity contribution in [2.45, 2.75) is 17.9 Å². The molecule has 0 radical (unpaired) electrons. The van der Waals surface area contributed by atoms with Crippen molar-refractivity contribution in [3.05, 3.63) is 120 Å². The molecule has 4 heterocycles. The summed E-state index contributed by atoms with van der Waals surface area (Å²) in [6, 6.07) is 29.8. The third-order valence-electron chi connectivity index (χ3n) is 7.85. The number of nitrogens with one attached hydrogen (secondary N) is 2. The molecule has 0 fully saturated rings. The molecule has 46 heavy (non-hydrogen) atoms. The molecule has 232 valence electrons. The number of aromatic nitrogens is 1. The van der Waals surface area contributed by atoms with Gasteiger partial charge in [0.25, 0.3) is 15.9 Å². The minimum atomic E-state index is -4.02. The predicted molar refractivity (Wildman–Crippen MR) is 178 cm³/mol. The van der Waals surface area contributed by atoms with E-state index in [1.165, 1.54) is 23.5 Å². The number of fused-ring (bicyclic) bond motifs is 4. The zero-order valence-electron chi connectivity index (χ0n) is 24.5. The van der Waals surface area contributed by atoms with Gasteiger partial charge in [-0.15, -0.1) is 11.3 Å². The van der Waals surface area contributed by atoms with Gasteiger partial charge in [0.15, 0.2) is 0 Å². The second-order valence-electron chi connectivity index (χ2n) is 10.8. The highest BCUT2D eigenvalue weighted by Crippen LogP contribution is 2.43. The lowest BCUT2D eigenvalue weighted by Crippen LogP contribution is -2.34. The zero-order valence-corrected chi connectivity index (χ0v) is 26.2. The van der Waals surface area contributed by atoms with Crippen LogP contribution in [0.15, 0.2) is 108 Å². The van der Waals surface area contributed by atoms with Gasteiger partial charge in [0, 0.05) is 29.1 Å². The molecule has 0 aliphatic carbocycles. The number of amides is 3. The average Bonchev–Trinajstić information content (AvgIpc) is 3.24. The second-order valence-corrected chi connectivity index (χ2v) is 13.6. The van der Waals surface area contributed by atoms with Gasteiger partial charge in [0.1, 0.15) is 23.9 Å². The first kappa shape index (κ1) is 29.5. The molecule has 0 saturated carbocycles. The van der Waals surface area contributed by atoms with Crippen molar-refractivity contribution in [3.8, 4) is 16.2 Å². The molecule has 2 aromatic heterocycles. The van der Waals surface area contributed by atoms with E-state index in [9.17, 15) is 18.0 Å². The van der Waals surface area contributed by atoms with Gasteiger partial charge in [-0.25, -0.2) is 22.9 Å². The fourth-order valence-electron chi connectivity index (χ4n) is 5.66. The lowest BCUT2D eigenvalue weighted by Gasteiger charge is -2.24. The van der Waals surface area contributed by atoms with Crippen LogP contribution in [0.25, 0.3) is 10.4 Å². The lowest BCUT2D eigenvalue weighted by atomic mass is 10.1. The largest absolute Gasteiger partial charge is 0.491 e. The van der Waals surface area contributed by atoms with Gasteiger partial charge in [-0.1, -0.05) is 60.7 Å². The molecular formula is C34H29N5O5S2. The van der Waals surface area contributed by atoms with Gasteiger partial charge in [-0.2, -0.15) is 0 Å². The zero-order chi connectivity index (χ0) is 31.7. The highest BCUT2D eigenvalue weighted by Gasteiger charge is 2.28. The Morgan fingerprint density at radius 3 is 2.50 bits per heavy atom. The Morgan fingerprint density at radius 2 is 1.63 bits per heavy atom. The number of pyridine rings is 1. The molecule has 5 aromatic rings. The molecule has 0 saturated heterocycles. The SMILES string of the molecule is O=C(Nc1cc2c(s1)-c1ccccc1N(C(=O)c1cccc(N3CCOc4ccccc4C3)n1)CC2)NS(=O)(=O)c1ccccc1. The monoisotopic (exact) mass is 651 g/mol. The summed E-state index contributed by atoms with van der Waals surface area (Å²) in [5, 5.41) is 3.17. The van der Waals surface area contributed by atoms with E-state index in [1.807, 2.05) is 66.7 Å². The van der Waals surface area contributed by atoms with Crippen molar-refractivity contribution in [3.63, 3.8) is 0 Å². The smallest absolute Gasteiger partial charge is 0.333 e. The Hall–Kier alpha value is -5.20. The number of para-hydroxylation sites is 2. The van der Waals surface area contributed by atoms with Crippen LogP contribution in [0.5, 0.6) is 5.75 Å². The molecule has 2 N–H and O–H groups in total. The number of hydrogen-bond acceptors (Lipinski definition) is 8. The van der Waals surface area contributed by atoms with Crippen LogP contribution < -0.4 is 24.6 Å². The maximum atomic E-state index is 14.1. The maximum absolute atomic E-state index is 14.1. The van der Waals surface area contributed by atoms with Crippen molar-refractivity contribution in [2.75, 3.05) is 34.8 Å². The van der Waals surface area contributed by atoms with Crippen LogP contribution in [-0.4, -0.2) is 45.0 Å². The van der Waals surface area contributed by atoms with Crippen LogP contribution in [0, 0.1) is 0 Å². The topological polar surface area (TPSA) is 121 Å². The number of thiophene rings is 1. The molecule has 3 amide bonds. The molecule has 12 heteroatoms. The number of anilines is 3. The molecule has 7 rings (SSSR count). The number of carbonyl (C=O) groups excluding carboxylic acids is 2. The van der Waals surface area contributed by atoms with E-state index in [0.717, 1.165) is 33.0 Å². The molecule has 2 aliphatic heterocycles. The summed E-state index contributed by atoms with van der Waals surface area (Å²) >= 11 is 1.33. The van der Waals surface area contributed by atoms with Crippen molar-refractivity contribution in [1.29, 1.82) is 0 Å².